The molecule has 0 atom stereocenters. The van der Waals surface area contributed by atoms with Crippen LogP contribution in [0.1, 0.15) is 21.5 Å². The second-order valence-corrected chi connectivity index (χ2v) is 7.46. The Kier molecular flexibility index (Phi) is 6.48. The van der Waals surface area contributed by atoms with Gasteiger partial charge in [-0.15, -0.1) is 0 Å². The van der Waals surface area contributed by atoms with Crippen molar-refractivity contribution in [2.24, 2.45) is 0 Å². The zero-order valence-corrected chi connectivity index (χ0v) is 16.6. The highest BCUT2D eigenvalue weighted by molar-refractivity contribution is 9.10. The fourth-order valence-corrected chi connectivity index (χ4v) is 3.68. The second kappa shape index (κ2) is 9.02. The van der Waals surface area contributed by atoms with E-state index < -0.39 is 0 Å². The zero-order valence-electron chi connectivity index (χ0n) is 14.2. The SMILES string of the molecule is O=C(c1cc(Cl)cc(Br)c1)N(CCc1ccccc1)Cc1ccccc1. The van der Waals surface area contributed by atoms with Gasteiger partial charge in [-0.05, 0) is 35.7 Å². The lowest BCUT2D eigenvalue weighted by Crippen LogP contribution is -2.32. The molecule has 0 aromatic heterocycles. The molecular formula is C22H19BrClNO. The number of nitrogens with zero attached hydrogens (tertiary/aromatic N) is 1. The molecule has 0 radical (unpaired) electrons. The molecule has 26 heavy (non-hydrogen) atoms. The molecule has 2 nitrogen and oxygen atoms in total. The van der Waals surface area contributed by atoms with Crippen LogP contribution >= 0.6 is 27.5 Å². The van der Waals surface area contributed by atoms with E-state index in [9.17, 15) is 4.79 Å². The number of carbonyl (C=O) groups excluding carboxylic acids is 1. The van der Waals surface area contributed by atoms with Gasteiger partial charge in [0.2, 0.25) is 0 Å². The molecule has 0 fully saturated rings. The maximum atomic E-state index is 13.1. The molecule has 0 bridgehead atoms. The predicted octanol–water partition coefficient (Wildman–Crippen LogP) is 5.99. The fraction of sp³-hybridized carbons (Fsp3) is 0.136. The van der Waals surface area contributed by atoms with Gasteiger partial charge in [-0.2, -0.15) is 0 Å². The Bertz CT molecular complexity index is 848. The minimum atomic E-state index is -0.0204. The van der Waals surface area contributed by atoms with Crippen LogP contribution < -0.4 is 0 Å². The van der Waals surface area contributed by atoms with E-state index in [0.29, 0.717) is 23.7 Å². The average Bonchev–Trinajstić information content (AvgIpc) is 2.65. The Labute approximate surface area is 167 Å². The predicted molar refractivity (Wildman–Crippen MR) is 110 cm³/mol. The Morgan fingerprint density at radius 3 is 2.12 bits per heavy atom. The zero-order chi connectivity index (χ0) is 18.4. The molecule has 0 spiro atoms. The molecule has 1 amide bonds. The van der Waals surface area contributed by atoms with Crippen molar-refractivity contribution in [3.63, 3.8) is 0 Å². The van der Waals surface area contributed by atoms with Crippen LogP contribution in [0.25, 0.3) is 0 Å². The number of rotatable bonds is 6. The van der Waals surface area contributed by atoms with Gasteiger partial charge in [0.15, 0.2) is 0 Å². The molecule has 132 valence electrons. The van der Waals surface area contributed by atoms with Crippen LogP contribution in [0.15, 0.2) is 83.3 Å². The third kappa shape index (κ3) is 5.20. The number of benzene rings is 3. The van der Waals surface area contributed by atoms with Gasteiger partial charge in [-0.3, -0.25) is 4.79 Å². The summed E-state index contributed by atoms with van der Waals surface area (Å²) in [6.07, 6.45) is 0.807. The molecule has 0 saturated heterocycles. The van der Waals surface area contributed by atoms with Crippen molar-refractivity contribution in [1.29, 1.82) is 0 Å². The summed E-state index contributed by atoms with van der Waals surface area (Å²) in [4.78, 5) is 15.0. The van der Waals surface area contributed by atoms with Crippen LogP contribution in [0, 0.1) is 0 Å². The Hall–Kier alpha value is -2.10. The largest absolute Gasteiger partial charge is 0.334 e. The van der Waals surface area contributed by atoms with Crippen molar-refractivity contribution in [2.75, 3.05) is 6.54 Å². The summed E-state index contributed by atoms with van der Waals surface area (Å²) in [6.45, 7) is 1.21. The first-order valence-corrected chi connectivity index (χ1v) is 9.62. The van der Waals surface area contributed by atoms with Gasteiger partial charge in [-0.25, -0.2) is 0 Å². The topological polar surface area (TPSA) is 20.3 Å². The summed E-state index contributed by atoms with van der Waals surface area (Å²) in [5, 5.41) is 0.547. The fourth-order valence-electron chi connectivity index (χ4n) is 2.82. The molecule has 0 heterocycles. The van der Waals surface area contributed by atoms with Gasteiger partial charge in [0.05, 0.1) is 0 Å². The molecule has 0 aliphatic heterocycles. The van der Waals surface area contributed by atoms with E-state index in [1.807, 2.05) is 59.5 Å². The molecule has 3 aromatic rings. The van der Waals surface area contributed by atoms with Crippen molar-refractivity contribution in [2.45, 2.75) is 13.0 Å². The van der Waals surface area contributed by atoms with Crippen LogP contribution in [0.4, 0.5) is 0 Å². The maximum Gasteiger partial charge on any atom is 0.254 e. The summed E-state index contributed by atoms with van der Waals surface area (Å²) < 4.78 is 0.802. The molecule has 0 aliphatic rings. The molecular weight excluding hydrogens is 410 g/mol. The normalized spacial score (nSPS) is 10.5. The molecule has 3 rings (SSSR count). The third-order valence-electron chi connectivity index (χ3n) is 4.13. The van der Waals surface area contributed by atoms with Crippen molar-refractivity contribution < 1.29 is 4.79 Å². The van der Waals surface area contributed by atoms with E-state index in [-0.39, 0.29) is 5.91 Å². The molecule has 3 aromatic carbocycles. The van der Waals surface area contributed by atoms with E-state index in [2.05, 4.69) is 28.1 Å². The van der Waals surface area contributed by atoms with Crippen LogP contribution in [0.5, 0.6) is 0 Å². The van der Waals surface area contributed by atoms with Gasteiger partial charge >= 0.3 is 0 Å². The van der Waals surface area contributed by atoms with Crippen LogP contribution in [0.2, 0.25) is 5.02 Å². The highest BCUT2D eigenvalue weighted by Crippen LogP contribution is 2.21. The van der Waals surface area contributed by atoms with Crippen LogP contribution in [0.3, 0.4) is 0 Å². The molecule has 4 heteroatoms. The number of hydrogen-bond acceptors (Lipinski definition) is 1. The summed E-state index contributed by atoms with van der Waals surface area (Å²) in [5.41, 5.74) is 2.91. The van der Waals surface area contributed by atoms with Crippen molar-refractivity contribution in [3.05, 3.63) is 105 Å². The molecule has 0 aliphatic carbocycles. The van der Waals surface area contributed by atoms with Crippen LogP contribution in [-0.4, -0.2) is 17.4 Å². The van der Waals surface area contributed by atoms with Gasteiger partial charge in [0, 0.05) is 28.1 Å². The third-order valence-corrected chi connectivity index (χ3v) is 4.80. The summed E-state index contributed by atoms with van der Waals surface area (Å²) in [5.74, 6) is -0.0204. The Morgan fingerprint density at radius 2 is 1.50 bits per heavy atom. The van der Waals surface area contributed by atoms with Crippen molar-refractivity contribution >= 4 is 33.4 Å². The van der Waals surface area contributed by atoms with Gasteiger partial charge in [-0.1, -0.05) is 88.2 Å². The summed E-state index contributed by atoms with van der Waals surface area (Å²) in [6, 6.07) is 25.6. The summed E-state index contributed by atoms with van der Waals surface area (Å²) in [7, 11) is 0. The molecule has 0 saturated carbocycles. The number of carbonyl (C=O) groups is 1. The first-order valence-electron chi connectivity index (χ1n) is 8.45. The number of amides is 1. The smallest absolute Gasteiger partial charge is 0.254 e. The number of hydrogen-bond donors (Lipinski definition) is 0. The highest BCUT2D eigenvalue weighted by atomic mass is 79.9. The second-order valence-electron chi connectivity index (χ2n) is 6.11. The minimum absolute atomic E-state index is 0.0204. The monoisotopic (exact) mass is 427 g/mol. The van der Waals surface area contributed by atoms with E-state index >= 15 is 0 Å². The Balaban J connectivity index is 1.82. The highest BCUT2D eigenvalue weighted by Gasteiger charge is 2.17. The Morgan fingerprint density at radius 1 is 0.885 bits per heavy atom. The van der Waals surface area contributed by atoms with Gasteiger partial charge in [0.1, 0.15) is 0 Å². The number of halogens is 2. The summed E-state index contributed by atoms with van der Waals surface area (Å²) >= 11 is 9.55. The van der Waals surface area contributed by atoms with E-state index in [4.69, 9.17) is 11.6 Å². The lowest BCUT2D eigenvalue weighted by molar-refractivity contribution is 0.0745. The van der Waals surface area contributed by atoms with Crippen molar-refractivity contribution in [1.82, 2.24) is 4.90 Å². The lowest BCUT2D eigenvalue weighted by atomic mass is 10.1. The average molecular weight is 429 g/mol. The quantitative estimate of drug-likeness (QED) is 0.472. The van der Waals surface area contributed by atoms with Crippen molar-refractivity contribution in [3.8, 4) is 0 Å². The van der Waals surface area contributed by atoms with Crippen LogP contribution in [-0.2, 0) is 13.0 Å². The standard InChI is InChI=1S/C22H19BrClNO/c23-20-13-19(14-21(24)15-20)22(26)25(16-18-9-5-2-6-10-18)12-11-17-7-3-1-4-8-17/h1-10,13-15H,11-12,16H2. The first-order chi connectivity index (χ1) is 12.6. The minimum Gasteiger partial charge on any atom is -0.334 e. The lowest BCUT2D eigenvalue weighted by Gasteiger charge is -2.23. The van der Waals surface area contributed by atoms with Gasteiger partial charge < -0.3 is 4.90 Å². The maximum absolute atomic E-state index is 13.1. The van der Waals surface area contributed by atoms with E-state index in [1.54, 1.807) is 12.1 Å². The first kappa shape index (κ1) is 18.7. The van der Waals surface area contributed by atoms with E-state index in [0.717, 1.165) is 16.5 Å². The molecule has 0 N–H and O–H groups in total. The van der Waals surface area contributed by atoms with Gasteiger partial charge in [0.25, 0.3) is 5.91 Å². The molecule has 0 unspecified atom stereocenters. The van der Waals surface area contributed by atoms with E-state index in [1.165, 1.54) is 5.56 Å².